The molecule has 0 spiro atoms. The van der Waals surface area contributed by atoms with Gasteiger partial charge in [0.1, 0.15) is 11.6 Å². The van der Waals surface area contributed by atoms with Gasteiger partial charge in [0.05, 0.1) is 0 Å². The van der Waals surface area contributed by atoms with Crippen molar-refractivity contribution in [3.63, 3.8) is 0 Å². The molecule has 0 aliphatic carbocycles. The second-order valence-electron chi connectivity index (χ2n) is 5.24. The van der Waals surface area contributed by atoms with E-state index in [4.69, 9.17) is 5.73 Å². The Labute approximate surface area is 128 Å². The van der Waals surface area contributed by atoms with Crippen LogP contribution in [-0.4, -0.2) is 47.1 Å². The third-order valence-corrected chi connectivity index (χ3v) is 3.50. The van der Waals surface area contributed by atoms with E-state index in [9.17, 15) is 0 Å². The molecule has 0 aliphatic heterocycles. The van der Waals surface area contributed by atoms with Gasteiger partial charge in [0.25, 0.3) is 0 Å². The summed E-state index contributed by atoms with van der Waals surface area (Å²) in [7, 11) is 0. The predicted molar refractivity (Wildman–Crippen MR) is 90.7 cm³/mol. The lowest BCUT2D eigenvalue weighted by Crippen LogP contribution is -2.25. The predicted octanol–water partition coefficient (Wildman–Crippen LogP) is 2.41. The molecule has 6 nitrogen and oxygen atoms in total. The Kier molecular flexibility index (Phi) is 7.82. The van der Waals surface area contributed by atoms with Crippen molar-refractivity contribution in [2.24, 2.45) is 0 Å². The molecule has 0 bridgehead atoms. The molecule has 0 fully saturated rings. The van der Waals surface area contributed by atoms with E-state index in [0.717, 1.165) is 44.2 Å². The lowest BCUT2D eigenvalue weighted by atomic mass is 10.1. The number of rotatable bonds is 10. The Hall–Kier alpha value is -1.56. The van der Waals surface area contributed by atoms with Gasteiger partial charge < -0.3 is 21.3 Å². The molecule has 1 heterocycles. The van der Waals surface area contributed by atoms with Crippen LogP contribution in [0, 0.1) is 0 Å². The number of nitrogen functional groups attached to an aromatic ring is 1. The molecule has 1 atom stereocenters. The fourth-order valence-electron chi connectivity index (χ4n) is 2.30. The van der Waals surface area contributed by atoms with Crippen LogP contribution in [0.4, 0.5) is 17.6 Å². The molecule has 21 heavy (non-hydrogen) atoms. The highest BCUT2D eigenvalue weighted by atomic mass is 15.1. The third kappa shape index (κ3) is 6.62. The Morgan fingerprint density at radius 1 is 1.19 bits per heavy atom. The summed E-state index contributed by atoms with van der Waals surface area (Å²) in [5.74, 6) is 1.85. The van der Waals surface area contributed by atoms with Gasteiger partial charge in [0.15, 0.2) is 0 Å². The minimum atomic E-state index is 0.297. The molecule has 120 valence electrons. The van der Waals surface area contributed by atoms with Crippen molar-refractivity contribution in [1.29, 1.82) is 0 Å². The Morgan fingerprint density at radius 3 is 2.48 bits per heavy atom. The molecule has 1 aromatic heterocycles. The van der Waals surface area contributed by atoms with Gasteiger partial charge in [0, 0.05) is 18.7 Å². The molecular formula is C15H30N6. The minimum absolute atomic E-state index is 0.297. The lowest BCUT2D eigenvalue weighted by Gasteiger charge is -2.20. The van der Waals surface area contributed by atoms with E-state index >= 15 is 0 Å². The minimum Gasteiger partial charge on any atom is -0.370 e. The van der Waals surface area contributed by atoms with Gasteiger partial charge in [0.2, 0.25) is 5.95 Å². The zero-order chi connectivity index (χ0) is 15.7. The molecule has 0 saturated heterocycles. The highest BCUT2D eigenvalue weighted by Gasteiger charge is 2.07. The van der Waals surface area contributed by atoms with Crippen molar-refractivity contribution in [3.05, 3.63) is 6.07 Å². The number of nitrogens with two attached hydrogens (primary N) is 1. The van der Waals surface area contributed by atoms with E-state index in [2.05, 4.69) is 46.3 Å². The molecule has 6 heteroatoms. The normalized spacial score (nSPS) is 12.4. The second kappa shape index (κ2) is 9.39. The van der Waals surface area contributed by atoms with Crippen LogP contribution in [-0.2, 0) is 0 Å². The highest BCUT2D eigenvalue weighted by Crippen LogP contribution is 2.14. The zero-order valence-corrected chi connectivity index (χ0v) is 13.8. The van der Waals surface area contributed by atoms with Gasteiger partial charge in [-0.2, -0.15) is 9.97 Å². The van der Waals surface area contributed by atoms with Crippen LogP contribution in [0.15, 0.2) is 6.07 Å². The monoisotopic (exact) mass is 294 g/mol. The molecular weight excluding hydrogens is 264 g/mol. The summed E-state index contributed by atoms with van der Waals surface area (Å²) >= 11 is 0. The van der Waals surface area contributed by atoms with E-state index < -0.39 is 0 Å². The molecule has 0 saturated carbocycles. The Balaban J connectivity index is 2.45. The largest absolute Gasteiger partial charge is 0.370 e. The summed E-state index contributed by atoms with van der Waals surface area (Å²) in [5.41, 5.74) is 5.73. The number of anilines is 3. The maximum Gasteiger partial charge on any atom is 0.223 e. The van der Waals surface area contributed by atoms with Crippen molar-refractivity contribution in [2.45, 2.75) is 46.6 Å². The first-order valence-electron chi connectivity index (χ1n) is 7.96. The van der Waals surface area contributed by atoms with Crippen molar-refractivity contribution < 1.29 is 0 Å². The van der Waals surface area contributed by atoms with Crippen LogP contribution in [0.5, 0.6) is 0 Å². The number of hydrogen-bond acceptors (Lipinski definition) is 6. The first-order valence-corrected chi connectivity index (χ1v) is 7.96. The number of nitrogens with one attached hydrogen (secondary N) is 2. The Bertz CT molecular complexity index is 405. The first-order chi connectivity index (χ1) is 10.1. The number of hydrogen-bond donors (Lipinski definition) is 3. The van der Waals surface area contributed by atoms with Gasteiger partial charge in [-0.25, -0.2) is 0 Å². The quantitative estimate of drug-likeness (QED) is 0.615. The van der Waals surface area contributed by atoms with E-state index in [-0.39, 0.29) is 0 Å². The summed E-state index contributed by atoms with van der Waals surface area (Å²) < 4.78 is 0. The van der Waals surface area contributed by atoms with Gasteiger partial charge in [-0.3, -0.25) is 0 Å². The molecule has 0 aliphatic rings. The van der Waals surface area contributed by atoms with E-state index in [1.54, 1.807) is 0 Å². The van der Waals surface area contributed by atoms with Crippen molar-refractivity contribution >= 4 is 17.6 Å². The smallest absolute Gasteiger partial charge is 0.223 e. The summed E-state index contributed by atoms with van der Waals surface area (Å²) in [6.45, 7) is 12.8. The SMILES string of the molecule is CCNc1cc(NC(C)CCCN(CC)CC)nc(N)n1. The van der Waals surface area contributed by atoms with Crippen LogP contribution in [0.3, 0.4) is 0 Å². The highest BCUT2D eigenvalue weighted by molar-refractivity contribution is 5.51. The molecule has 1 unspecified atom stereocenters. The summed E-state index contributed by atoms with van der Waals surface area (Å²) in [5, 5.41) is 6.56. The maximum atomic E-state index is 5.73. The van der Waals surface area contributed by atoms with E-state index in [1.807, 2.05) is 13.0 Å². The van der Waals surface area contributed by atoms with Crippen LogP contribution < -0.4 is 16.4 Å². The van der Waals surface area contributed by atoms with Gasteiger partial charge in [-0.05, 0) is 46.3 Å². The fourth-order valence-corrected chi connectivity index (χ4v) is 2.30. The Morgan fingerprint density at radius 2 is 1.86 bits per heavy atom. The third-order valence-electron chi connectivity index (χ3n) is 3.50. The topological polar surface area (TPSA) is 79.1 Å². The summed E-state index contributed by atoms with van der Waals surface area (Å²) in [6, 6.07) is 2.27. The zero-order valence-electron chi connectivity index (χ0n) is 13.8. The molecule has 1 rings (SSSR count). The molecule has 1 aromatic rings. The average Bonchev–Trinajstić information content (AvgIpc) is 2.43. The van der Waals surface area contributed by atoms with Gasteiger partial charge in [-0.1, -0.05) is 13.8 Å². The van der Waals surface area contributed by atoms with Crippen molar-refractivity contribution in [3.8, 4) is 0 Å². The average molecular weight is 294 g/mol. The molecule has 4 N–H and O–H groups in total. The van der Waals surface area contributed by atoms with Gasteiger partial charge in [-0.15, -0.1) is 0 Å². The van der Waals surface area contributed by atoms with E-state index in [0.29, 0.717) is 12.0 Å². The summed E-state index contributed by atoms with van der Waals surface area (Å²) in [4.78, 5) is 10.8. The van der Waals surface area contributed by atoms with Crippen LogP contribution >= 0.6 is 0 Å². The molecule has 0 amide bonds. The molecule has 0 radical (unpaired) electrons. The standard InChI is InChI=1S/C15H30N6/c1-5-17-13-11-14(20-15(16)19-13)18-12(4)9-8-10-21(6-2)7-3/h11-12H,5-10H2,1-4H3,(H4,16,17,18,19,20). The van der Waals surface area contributed by atoms with Crippen LogP contribution in [0.25, 0.3) is 0 Å². The second-order valence-corrected chi connectivity index (χ2v) is 5.24. The number of aromatic nitrogens is 2. The van der Waals surface area contributed by atoms with Crippen molar-refractivity contribution in [2.75, 3.05) is 42.5 Å². The molecule has 0 aromatic carbocycles. The summed E-state index contributed by atoms with van der Waals surface area (Å²) in [6.07, 6.45) is 2.29. The van der Waals surface area contributed by atoms with E-state index in [1.165, 1.54) is 6.42 Å². The van der Waals surface area contributed by atoms with Crippen LogP contribution in [0.1, 0.15) is 40.5 Å². The first kappa shape index (κ1) is 17.5. The lowest BCUT2D eigenvalue weighted by molar-refractivity contribution is 0.295. The fraction of sp³-hybridized carbons (Fsp3) is 0.733. The van der Waals surface area contributed by atoms with Crippen molar-refractivity contribution in [1.82, 2.24) is 14.9 Å². The maximum absolute atomic E-state index is 5.73. The van der Waals surface area contributed by atoms with Gasteiger partial charge >= 0.3 is 0 Å². The van der Waals surface area contributed by atoms with Crippen LogP contribution in [0.2, 0.25) is 0 Å². The number of nitrogens with zero attached hydrogens (tertiary/aromatic N) is 3.